The summed E-state index contributed by atoms with van der Waals surface area (Å²) in [5.41, 5.74) is -0.578. The third-order valence-corrected chi connectivity index (χ3v) is 3.98. The zero-order chi connectivity index (χ0) is 15.6. The van der Waals surface area contributed by atoms with Crippen LogP contribution in [0.15, 0.2) is 12.1 Å². The molecule has 21 heavy (non-hydrogen) atoms. The summed E-state index contributed by atoms with van der Waals surface area (Å²) in [6.07, 6.45) is 2.24. The highest BCUT2D eigenvalue weighted by Gasteiger charge is 2.27. The lowest BCUT2D eigenvalue weighted by Crippen LogP contribution is -2.38. The monoisotopic (exact) mass is 299 g/mol. The maximum atomic E-state index is 14.0. The summed E-state index contributed by atoms with van der Waals surface area (Å²) in [6.45, 7) is 5.52. The van der Waals surface area contributed by atoms with E-state index in [9.17, 15) is 13.9 Å². The smallest absolute Gasteiger partial charge is 0.190 e. The zero-order valence-electron chi connectivity index (χ0n) is 12.7. The molecule has 0 bridgehead atoms. The lowest BCUT2D eigenvalue weighted by Gasteiger charge is -2.27. The largest absolute Gasteiger partial charge is 0.485 e. The van der Waals surface area contributed by atoms with Crippen LogP contribution >= 0.6 is 0 Å². The van der Waals surface area contributed by atoms with Crippen LogP contribution in [0, 0.1) is 17.6 Å². The van der Waals surface area contributed by atoms with Gasteiger partial charge in [0.2, 0.25) is 0 Å². The van der Waals surface area contributed by atoms with Crippen LogP contribution in [0.4, 0.5) is 8.78 Å². The average molecular weight is 299 g/mol. The molecular weight excluding hydrogens is 276 g/mol. The first-order chi connectivity index (χ1) is 9.79. The molecule has 0 amide bonds. The van der Waals surface area contributed by atoms with Crippen LogP contribution in [0.3, 0.4) is 0 Å². The average Bonchev–Trinajstić information content (AvgIpc) is 3.19. The van der Waals surface area contributed by atoms with Crippen LogP contribution in [0.25, 0.3) is 0 Å². The molecule has 5 heteroatoms. The van der Waals surface area contributed by atoms with Crippen molar-refractivity contribution in [1.29, 1.82) is 0 Å². The Labute approximate surface area is 124 Å². The van der Waals surface area contributed by atoms with Gasteiger partial charge in [0.15, 0.2) is 17.4 Å². The number of aliphatic hydroxyl groups is 1. The SMILES string of the molecule is CC(C)C(C)(O)COc1c(F)cc(CNC2CC2)cc1F. The van der Waals surface area contributed by atoms with E-state index >= 15 is 0 Å². The fraction of sp³-hybridized carbons (Fsp3) is 0.625. The van der Waals surface area contributed by atoms with Crippen LogP contribution in [-0.2, 0) is 6.54 Å². The maximum Gasteiger partial charge on any atom is 0.190 e. The molecule has 0 saturated heterocycles. The van der Waals surface area contributed by atoms with Gasteiger partial charge in [0.1, 0.15) is 6.61 Å². The number of nitrogens with one attached hydrogen (secondary N) is 1. The summed E-state index contributed by atoms with van der Waals surface area (Å²) in [7, 11) is 0. The number of benzene rings is 1. The molecule has 3 nitrogen and oxygen atoms in total. The second-order valence-corrected chi connectivity index (χ2v) is 6.34. The highest BCUT2D eigenvalue weighted by atomic mass is 19.1. The minimum absolute atomic E-state index is 0.0781. The Bertz CT molecular complexity index is 476. The van der Waals surface area contributed by atoms with Crippen molar-refractivity contribution in [2.45, 2.75) is 51.8 Å². The van der Waals surface area contributed by atoms with E-state index in [2.05, 4.69) is 5.32 Å². The summed E-state index contributed by atoms with van der Waals surface area (Å²) >= 11 is 0. The molecule has 1 aromatic carbocycles. The van der Waals surface area contributed by atoms with Gasteiger partial charge in [-0.05, 0) is 43.4 Å². The number of hydrogen-bond acceptors (Lipinski definition) is 3. The van der Waals surface area contributed by atoms with Gasteiger partial charge in [0.25, 0.3) is 0 Å². The molecule has 1 aliphatic rings. The zero-order valence-corrected chi connectivity index (χ0v) is 12.7. The van der Waals surface area contributed by atoms with Gasteiger partial charge in [-0.25, -0.2) is 8.78 Å². The molecule has 1 fully saturated rings. The predicted molar refractivity (Wildman–Crippen MR) is 77.2 cm³/mol. The third kappa shape index (κ3) is 4.38. The lowest BCUT2D eigenvalue weighted by molar-refractivity contribution is -0.0284. The molecule has 118 valence electrons. The highest BCUT2D eigenvalue weighted by molar-refractivity contribution is 5.31. The standard InChI is InChI=1S/C16H23F2NO2/c1-10(2)16(3,20)9-21-15-13(17)6-11(7-14(15)18)8-19-12-4-5-12/h6-7,10,12,19-20H,4-5,8-9H2,1-3H3. The molecule has 2 rings (SSSR count). The second kappa shape index (κ2) is 6.28. The summed E-state index contributed by atoms with van der Waals surface area (Å²) in [6, 6.07) is 3.03. The number of halogens is 2. The molecule has 0 radical (unpaired) electrons. The van der Waals surface area contributed by atoms with E-state index in [0.29, 0.717) is 18.2 Å². The van der Waals surface area contributed by atoms with E-state index in [1.165, 1.54) is 12.1 Å². The maximum absolute atomic E-state index is 14.0. The Kier molecular flexibility index (Phi) is 4.84. The Balaban J connectivity index is 2.02. The van der Waals surface area contributed by atoms with Crippen LogP contribution in [-0.4, -0.2) is 23.4 Å². The number of ether oxygens (including phenoxy) is 1. The van der Waals surface area contributed by atoms with Crippen LogP contribution < -0.4 is 10.1 Å². The van der Waals surface area contributed by atoms with Crippen LogP contribution in [0.2, 0.25) is 0 Å². The van der Waals surface area contributed by atoms with Crippen LogP contribution in [0.5, 0.6) is 5.75 Å². The van der Waals surface area contributed by atoms with Crippen molar-refractivity contribution in [3.63, 3.8) is 0 Å². The Hall–Kier alpha value is -1.20. The van der Waals surface area contributed by atoms with E-state index in [-0.39, 0.29) is 12.5 Å². The van der Waals surface area contributed by atoms with Gasteiger partial charge >= 0.3 is 0 Å². The quantitative estimate of drug-likeness (QED) is 0.813. The van der Waals surface area contributed by atoms with Gasteiger partial charge in [-0.1, -0.05) is 13.8 Å². The first-order valence-electron chi connectivity index (χ1n) is 7.36. The third-order valence-electron chi connectivity index (χ3n) is 3.98. The first kappa shape index (κ1) is 16.2. The summed E-state index contributed by atoms with van der Waals surface area (Å²) in [4.78, 5) is 0. The minimum Gasteiger partial charge on any atom is -0.485 e. The van der Waals surface area contributed by atoms with Crippen molar-refractivity contribution in [2.24, 2.45) is 5.92 Å². The number of rotatable bonds is 7. The van der Waals surface area contributed by atoms with E-state index in [1.807, 2.05) is 13.8 Å². The van der Waals surface area contributed by atoms with E-state index in [1.54, 1.807) is 6.92 Å². The van der Waals surface area contributed by atoms with Crippen molar-refractivity contribution in [2.75, 3.05) is 6.61 Å². The molecule has 1 aromatic rings. The van der Waals surface area contributed by atoms with Gasteiger partial charge in [-0.3, -0.25) is 0 Å². The van der Waals surface area contributed by atoms with Gasteiger partial charge in [0, 0.05) is 12.6 Å². The first-order valence-corrected chi connectivity index (χ1v) is 7.36. The minimum atomic E-state index is -1.13. The van der Waals surface area contributed by atoms with Gasteiger partial charge < -0.3 is 15.2 Å². The van der Waals surface area contributed by atoms with Crippen LogP contribution in [0.1, 0.15) is 39.2 Å². The fourth-order valence-corrected chi connectivity index (χ4v) is 1.79. The lowest BCUT2D eigenvalue weighted by atomic mass is 9.94. The molecule has 0 aromatic heterocycles. The van der Waals surface area contributed by atoms with E-state index in [0.717, 1.165) is 12.8 Å². The van der Waals surface area contributed by atoms with Crippen molar-refractivity contribution in [3.05, 3.63) is 29.3 Å². The van der Waals surface area contributed by atoms with E-state index in [4.69, 9.17) is 4.74 Å². The summed E-state index contributed by atoms with van der Waals surface area (Å²) in [5.74, 6) is -1.97. The van der Waals surface area contributed by atoms with Gasteiger partial charge in [-0.15, -0.1) is 0 Å². The molecule has 1 unspecified atom stereocenters. The van der Waals surface area contributed by atoms with Crippen molar-refractivity contribution in [3.8, 4) is 5.75 Å². The second-order valence-electron chi connectivity index (χ2n) is 6.34. The highest BCUT2D eigenvalue weighted by Crippen LogP contribution is 2.26. The van der Waals surface area contributed by atoms with E-state index < -0.39 is 23.0 Å². The molecule has 1 atom stereocenters. The predicted octanol–water partition coefficient (Wildman–Crippen LogP) is 3.00. The summed E-state index contributed by atoms with van der Waals surface area (Å²) in [5, 5.41) is 13.3. The summed E-state index contributed by atoms with van der Waals surface area (Å²) < 4.78 is 33.1. The van der Waals surface area contributed by atoms with Crippen molar-refractivity contribution in [1.82, 2.24) is 5.32 Å². The van der Waals surface area contributed by atoms with Crippen molar-refractivity contribution < 1.29 is 18.6 Å². The fourth-order valence-electron chi connectivity index (χ4n) is 1.79. The molecular formula is C16H23F2NO2. The van der Waals surface area contributed by atoms with Gasteiger partial charge in [0.05, 0.1) is 5.60 Å². The Morgan fingerprint density at radius 3 is 2.38 bits per heavy atom. The number of hydrogen-bond donors (Lipinski definition) is 2. The molecule has 1 saturated carbocycles. The molecule has 0 aliphatic heterocycles. The molecule has 0 heterocycles. The van der Waals surface area contributed by atoms with Gasteiger partial charge in [-0.2, -0.15) is 0 Å². The van der Waals surface area contributed by atoms with Crippen molar-refractivity contribution >= 4 is 0 Å². The normalized spacial score (nSPS) is 17.9. The Morgan fingerprint density at radius 1 is 1.33 bits per heavy atom. The molecule has 1 aliphatic carbocycles. The topological polar surface area (TPSA) is 41.5 Å². The Morgan fingerprint density at radius 2 is 1.90 bits per heavy atom. The molecule has 2 N–H and O–H groups in total. The molecule has 0 spiro atoms.